The molecule has 1 heterocycles. The molecule has 4 rings (SSSR count). The fourth-order valence-corrected chi connectivity index (χ4v) is 4.08. The Bertz CT molecular complexity index is 1100. The molecule has 29 heavy (non-hydrogen) atoms. The fourth-order valence-electron chi connectivity index (χ4n) is 3.91. The van der Waals surface area contributed by atoms with E-state index in [0.717, 1.165) is 29.5 Å². The van der Waals surface area contributed by atoms with Gasteiger partial charge in [-0.2, -0.15) is 10.4 Å². The molecule has 2 aromatic carbocycles. The number of hydrogen-bond donors (Lipinski definition) is 2. The first-order chi connectivity index (χ1) is 14.1. The largest absolute Gasteiger partial charge is 0.390 e. The minimum absolute atomic E-state index is 0.291. The number of amides is 1. The van der Waals surface area contributed by atoms with Crippen LogP contribution in [-0.2, 0) is 13.0 Å². The Labute approximate surface area is 173 Å². The van der Waals surface area contributed by atoms with Crippen molar-refractivity contribution in [1.82, 2.24) is 15.1 Å². The lowest BCUT2D eigenvalue weighted by Crippen LogP contribution is -2.34. The Morgan fingerprint density at radius 2 is 2.14 bits per heavy atom. The van der Waals surface area contributed by atoms with Crippen LogP contribution in [0.25, 0.3) is 10.9 Å². The maximum atomic E-state index is 13.1. The van der Waals surface area contributed by atoms with E-state index in [0.29, 0.717) is 35.5 Å². The summed E-state index contributed by atoms with van der Waals surface area (Å²) in [5.41, 5.74) is 3.09. The molecule has 1 aliphatic rings. The number of nitrogens with one attached hydrogen (secondary N) is 1. The number of aliphatic hydroxyl groups is 1. The minimum atomic E-state index is -0.667. The van der Waals surface area contributed by atoms with Crippen LogP contribution in [0, 0.1) is 11.3 Å². The van der Waals surface area contributed by atoms with Crippen LogP contribution in [0.1, 0.15) is 46.9 Å². The third-order valence-corrected chi connectivity index (χ3v) is 5.56. The molecule has 6 nitrogen and oxygen atoms in total. The van der Waals surface area contributed by atoms with Gasteiger partial charge in [-0.15, -0.1) is 0 Å². The summed E-state index contributed by atoms with van der Waals surface area (Å²) in [6.45, 7) is 0.613. The highest BCUT2D eigenvalue weighted by Crippen LogP contribution is 2.32. The summed E-state index contributed by atoms with van der Waals surface area (Å²) >= 11 is 6.17. The predicted octanol–water partition coefficient (Wildman–Crippen LogP) is 3.77. The smallest absolute Gasteiger partial charge is 0.273 e. The molecule has 0 bridgehead atoms. The summed E-state index contributed by atoms with van der Waals surface area (Å²) in [7, 11) is 0. The van der Waals surface area contributed by atoms with E-state index in [1.54, 1.807) is 16.8 Å². The Hall–Kier alpha value is -2.88. The Morgan fingerprint density at radius 1 is 1.31 bits per heavy atom. The first-order valence-electron chi connectivity index (χ1n) is 9.68. The van der Waals surface area contributed by atoms with E-state index in [1.807, 2.05) is 30.3 Å². The van der Waals surface area contributed by atoms with Gasteiger partial charge in [0.15, 0.2) is 5.69 Å². The van der Waals surface area contributed by atoms with Gasteiger partial charge in [0.05, 0.1) is 23.7 Å². The van der Waals surface area contributed by atoms with E-state index in [2.05, 4.69) is 16.5 Å². The number of benzene rings is 2. The molecule has 148 valence electrons. The van der Waals surface area contributed by atoms with E-state index in [4.69, 9.17) is 16.9 Å². The number of aromatic nitrogens is 2. The summed E-state index contributed by atoms with van der Waals surface area (Å²) in [6, 6.07) is 14.8. The van der Waals surface area contributed by atoms with Gasteiger partial charge in [-0.3, -0.25) is 9.48 Å². The van der Waals surface area contributed by atoms with Crippen molar-refractivity contribution < 1.29 is 9.90 Å². The molecule has 3 aromatic rings. The minimum Gasteiger partial charge on any atom is -0.390 e. The fraction of sp³-hybridized carbons (Fsp3) is 0.318. The second-order valence-corrected chi connectivity index (χ2v) is 7.71. The summed E-state index contributed by atoms with van der Waals surface area (Å²) in [6.07, 6.45) is 1.92. The van der Waals surface area contributed by atoms with Gasteiger partial charge in [0.1, 0.15) is 0 Å². The number of unbranched alkanes of at least 4 members (excludes halogenated alkanes) is 2. The maximum absolute atomic E-state index is 13.1. The first-order valence-corrected chi connectivity index (χ1v) is 10.1. The summed E-state index contributed by atoms with van der Waals surface area (Å²) < 4.78 is 1.79. The Balaban J connectivity index is 1.62. The van der Waals surface area contributed by atoms with Crippen LogP contribution in [0.4, 0.5) is 0 Å². The highest BCUT2D eigenvalue weighted by Gasteiger charge is 2.33. The zero-order valence-electron chi connectivity index (χ0n) is 15.8. The van der Waals surface area contributed by atoms with Crippen molar-refractivity contribution in [2.75, 3.05) is 0 Å². The third-order valence-electron chi connectivity index (χ3n) is 5.33. The number of rotatable bonds is 6. The molecule has 1 aromatic heterocycles. The van der Waals surface area contributed by atoms with E-state index in [1.165, 1.54) is 0 Å². The van der Waals surface area contributed by atoms with Crippen LogP contribution < -0.4 is 5.32 Å². The number of carbonyl (C=O) groups is 1. The van der Waals surface area contributed by atoms with Crippen molar-refractivity contribution in [3.8, 4) is 6.07 Å². The van der Waals surface area contributed by atoms with E-state index >= 15 is 0 Å². The normalized spacial score (nSPS) is 17.8. The van der Waals surface area contributed by atoms with Gasteiger partial charge in [0.2, 0.25) is 0 Å². The SMILES string of the molecule is N#CCCCCn1nc(C(=O)N[C@H]2c3ccccc3C[C@H]2O)c2cc(Cl)ccc21. The number of nitriles is 1. The van der Waals surface area contributed by atoms with Crippen LogP contribution in [0.15, 0.2) is 42.5 Å². The number of hydrogen-bond acceptors (Lipinski definition) is 4. The second-order valence-electron chi connectivity index (χ2n) is 7.27. The van der Waals surface area contributed by atoms with Crippen LogP contribution in [0.2, 0.25) is 5.02 Å². The molecule has 0 radical (unpaired) electrons. The van der Waals surface area contributed by atoms with Crippen molar-refractivity contribution in [2.45, 2.75) is 44.4 Å². The van der Waals surface area contributed by atoms with Crippen molar-refractivity contribution in [3.05, 3.63) is 64.3 Å². The van der Waals surface area contributed by atoms with Gasteiger partial charge in [0, 0.05) is 29.8 Å². The molecule has 0 aliphatic heterocycles. The van der Waals surface area contributed by atoms with Crippen LogP contribution in [0.5, 0.6) is 0 Å². The molecular weight excluding hydrogens is 388 g/mol. The lowest BCUT2D eigenvalue weighted by molar-refractivity contribution is 0.0854. The molecule has 1 aliphatic carbocycles. The highest BCUT2D eigenvalue weighted by molar-refractivity contribution is 6.31. The average molecular weight is 409 g/mol. The number of carbonyl (C=O) groups excluding carboxylic acids is 1. The van der Waals surface area contributed by atoms with Gasteiger partial charge >= 0.3 is 0 Å². The van der Waals surface area contributed by atoms with Gasteiger partial charge in [0.25, 0.3) is 5.91 Å². The molecule has 2 N–H and O–H groups in total. The first kappa shape index (κ1) is 19.4. The third kappa shape index (κ3) is 3.84. The molecule has 2 atom stereocenters. The van der Waals surface area contributed by atoms with Crippen molar-refractivity contribution in [1.29, 1.82) is 5.26 Å². The van der Waals surface area contributed by atoms with Crippen LogP contribution in [0.3, 0.4) is 0 Å². The number of halogens is 1. The standard InChI is InChI=1S/C22H21ClN4O2/c23-15-8-9-18-17(13-15)21(26-27(18)11-5-1-4-10-24)22(29)25-20-16-7-3-2-6-14(16)12-19(20)28/h2-3,6-9,13,19-20,28H,1,4-5,11-12H2,(H,25,29)/t19-,20+/m1/s1. The molecule has 7 heteroatoms. The van der Waals surface area contributed by atoms with Gasteiger partial charge < -0.3 is 10.4 Å². The van der Waals surface area contributed by atoms with Gasteiger partial charge in [-0.25, -0.2) is 0 Å². The Kier molecular flexibility index (Phi) is 5.52. The molecule has 0 saturated carbocycles. The highest BCUT2D eigenvalue weighted by atomic mass is 35.5. The molecule has 0 saturated heterocycles. The van der Waals surface area contributed by atoms with Crippen molar-refractivity contribution in [2.24, 2.45) is 0 Å². The zero-order valence-corrected chi connectivity index (χ0v) is 16.6. The van der Waals surface area contributed by atoms with Gasteiger partial charge in [-0.05, 0) is 42.2 Å². The zero-order chi connectivity index (χ0) is 20.4. The second kappa shape index (κ2) is 8.24. The maximum Gasteiger partial charge on any atom is 0.273 e. The summed E-state index contributed by atoms with van der Waals surface area (Å²) in [5, 5.41) is 27.8. The summed E-state index contributed by atoms with van der Waals surface area (Å²) in [5.74, 6) is -0.339. The van der Waals surface area contributed by atoms with E-state index < -0.39 is 12.1 Å². The summed E-state index contributed by atoms with van der Waals surface area (Å²) in [4.78, 5) is 13.1. The molecule has 1 amide bonds. The van der Waals surface area contributed by atoms with Crippen LogP contribution in [-0.4, -0.2) is 26.9 Å². The average Bonchev–Trinajstić information content (AvgIpc) is 3.22. The molecule has 0 fully saturated rings. The number of aryl methyl sites for hydroxylation is 1. The van der Waals surface area contributed by atoms with E-state index in [9.17, 15) is 9.90 Å². The van der Waals surface area contributed by atoms with Gasteiger partial charge in [-0.1, -0.05) is 35.9 Å². The predicted molar refractivity (Wildman–Crippen MR) is 111 cm³/mol. The molecule has 0 unspecified atom stereocenters. The quantitative estimate of drug-likeness (QED) is 0.607. The monoisotopic (exact) mass is 408 g/mol. The number of nitrogens with zero attached hydrogens (tertiary/aromatic N) is 3. The lowest BCUT2D eigenvalue weighted by Gasteiger charge is -2.17. The Morgan fingerprint density at radius 3 is 2.97 bits per heavy atom. The number of aliphatic hydroxyl groups excluding tert-OH is 1. The topological polar surface area (TPSA) is 90.9 Å². The molecule has 0 spiro atoms. The van der Waals surface area contributed by atoms with E-state index in [-0.39, 0.29) is 5.91 Å². The number of fused-ring (bicyclic) bond motifs is 2. The lowest BCUT2D eigenvalue weighted by atomic mass is 10.1. The van der Waals surface area contributed by atoms with Crippen LogP contribution >= 0.6 is 11.6 Å². The van der Waals surface area contributed by atoms with Crippen molar-refractivity contribution >= 4 is 28.4 Å². The van der Waals surface area contributed by atoms with Crippen molar-refractivity contribution in [3.63, 3.8) is 0 Å². The molecular formula is C22H21ClN4O2.